The molecule has 0 radical (unpaired) electrons. The van der Waals surface area contributed by atoms with Crippen LogP contribution >= 0.6 is 0 Å². The highest BCUT2D eigenvalue weighted by Crippen LogP contribution is 2.32. The Hall–Kier alpha value is -3.51. The lowest BCUT2D eigenvalue weighted by atomic mass is 9.97. The van der Waals surface area contributed by atoms with Crippen molar-refractivity contribution in [3.05, 3.63) is 82.9 Å². The lowest BCUT2D eigenvalue weighted by Crippen LogP contribution is -2.27. The molecule has 5 nitrogen and oxygen atoms in total. The summed E-state index contributed by atoms with van der Waals surface area (Å²) in [7, 11) is -1.44. The smallest absolute Gasteiger partial charge is 0.331 e. The Balaban J connectivity index is 1.92. The largest absolute Gasteiger partial charge is 0.344 e. The zero-order valence-corrected chi connectivity index (χ0v) is 21.6. The number of hydrogen-bond acceptors (Lipinski definition) is 4. The molecule has 6 heteroatoms. The minimum Gasteiger partial charge on any atom is -0.344 e. The third-order valence-electron chi connectivity index (χ3n) is 5.88. The summed E-state index contributed by atoms with van der Waals surface area (Å²) in [6.45, 7) is 12.2. The monoisotopic (exact) mass is 470 g/mol. The van der Waals surface area contributed by atoms with Gasteiger partial charge in [0, 0.05) is 46.0 Å². The Labute approximate surface area is 201 Å². The first-order valence-electron chi connectivity index (χ1n) is 11.4. The fourth-order valence-electron chi connectivity index (χ4n) is 4.28. The van der Waals surface area contributed by atoms with Gasteiger partial charge in [0.2, 0.25) is 0 Å². The molecule has 174 valence electrons. The summed E-state index contributed by atoms with van der Waals surface area (Å²) in [6, 6.07) is 19.9. The number of rotatable bonds is 6. The van der Waals surface area contributed by atoms with E-state index in [1.54, 1.807) is 0 Å². The molecule has 0 bridgehead atoms. The van der Waals surface area contributed by atoms with Crippen molar-refractivity contribution in [1.82, 2.24) is 4.57 Å². The molecule has 0 saturated heterocycles. The van der Waals surface area contributed by atoms with Crippen molar-refractivity contribution in [3.8, 4) is 0 Å². The number of carbonyl (C=O) groups is 2. The van der Waals surface area contributed by atoms with Gasteiger partial charge in [0.05, 0.1) is 13.8 Å². The molecule has 0 atom stereocenters. The van der Waals surface area contributed by atoms with Gasteiger partial charge in [-0.1, -0.05) is 55.1 Å². The third kappa shape index (κ3) is 4.73. The van der Waals surface area contributed by atoms with Crippen LogP contribution < -0.4 is 0 Å². The molecule has 34 heavy (non-hydrogen) atoms. The van der Waals surface area contributed by atoms with Crippen LogP contribution in [0.25, 0.3) is 21.8 Å². The van der Waals surface area contributed by atoms with Crippen LogP contribution in [0.3, 0.4) is 0 Å². The molecule has 0 spiro atoms. The summed E-state index contributed by atoms with van der Waals surface area (Å²) in [5, 5.41) is 6.05. The van der Waals surface area contributed by atoms with Gasteiger partial charge in [-0.2, -0.15) is 0 Å². The summed E-state index contributed by atoms with van der Waals surface area (Å²) in [6.07, 6.45) is 0.970. The Bertz CT molecular complexity index is 1460. The van der Waals surface area contributed by atoms with Crippen LogP contribution in [0, 0.1) is 6.92 Å². The van der Waals surface area contributed by atoms with Gasteiger partial charge in [-0.15, -0.1) is 0 Å². The molecule has 0 N–H and O–H groups in total. The Morgan fingerprint density at radius 3 is 2.06 bits per heavy atom. The summed E-state index contributed by atoms with van der Waals surface area (Å²) in [5.41, 5.74) is 6.09. The Morgan fingerprint density at radius 2 is 1.47 bits per heavy atom. The fraction of sp³-hybridized carbons (Fsp3) is 0.250. The Morgan fingerprint density at radius 1 is 0.882 bits per heavy atom. The lowest BCUT2D eigenvalue weighted by molar-refractivity contribution is -0.140. The second-order valence-electron chi connectivity index (χ2n) is 10.0. The van der Waals surface area contributed by atoms with Crippen molar-refractivity contribution in [1.29, 1.82) is 0 Å². The maximum Gasteiger partial charge on any atom is 0.331 e. The zero-order chi connectivity index (χ0) is 24.6. The number of aromatic nitrogens is 1. The molecule has 1 heterocycles. The van der Waals surface area contributed by atoms with Gasteiger partial charge in [0.25, 0.3) is 0 Å². The number of oxime groups is 1. The number of carbonyl (C=O) groups excluding carboxylic acids is 2. The normalized spacial score (nSPS) is 12.4. The third-order valence-corrected chi connectivity index (χ3v) is 7.14. The van der Waals surface area contributed by atoms with Crippen LogP contribution in [0.1, 0.15) is 40.9 Å². The standard InChI is InChI=1S/C28H30N2O3Si/c1-18-9-7-8-10-23(18)28(32)22-12-14-27-25(16-22)24-15-21(19(2)29-33-20(3)31)11-13-26(24)30(27)17-34(4,5)6/h7-16H,17H2,1-6H3/b29-19-. The summed E-state index contributed by atoms with van der Waals surface area (Å²) in [4.78, 5) is 29.4. The molecule has 4 rings (SSSR count). The van der Waals surface area contributed by atoms with E-state index in [2.05, 4.69) is 47.6 Å². The first kappa shape index (κ1) is 23.6. The summed E-state index contributed by atoms with van der Waals surface area (Å²) >= 11 is 0. The SMILES string of the molecule is CC(=O)O/N=C(/C)c1ccc2c(c1)c1cc(C(=O)c3ccccc3C)ccc1n2C[Si](C)(C)C. The summed E-state index contributed by atoms with van der Waals surface area (Å²) in [5.74, 6) is -0.429. The van der Waals surface area contributed by atoms with Gasteiger partial charge in [0.15, 0.2) is 5.78 Å². The number of benzene rings is 3. The van der Waals surface area contributed by atoms with E-state index in [9.17, 15) is 9.59 Å². The van der Waals surface area contributed by atoms with E-state index in [1.165, 1.54) is 6.92 Å². The van der Waals surface area contributed by atoms with Gasteiger partial charge < -0.3 is 9.40 Å². The van der Waals surface area contributed by atoms with Crippen molar-refractivity contribution in [2.75, 3.05) is 0 Å². The number of ketones is 1. The predicted octanol–water partition coefficient (Wildman–Crippen LogP) is 6.50. The predicted molar refractivity (Wildman–Crippen MR) is 141 cm³/mol. The van der Waals surface area contributed by atoms with E-state index in [0.29, 0.717) is 11.3 Å². The molecular formula is C28H30N2O3Si. The molecule has 0 aliphatic carbocycles. The van der Waals surface area contributed by atoms with Gasteiger partial charge >= 0.3 is 5.97 Å². The van der Waals surface area contributed by atoms with E-state index in [0.717, 1.165) is 44.7 Å². The highest BCUT2D eigenvalue weighted by molar-refractivity contribution is 6.75. The minimum absolute atomic E-state index is 0.0230. The molecule has 0 aliphatic heterocycles. The van der Waals surface area contributed by atoms with E-state index >= 15 is 0 Å². The lowest BCUT2D eigenvalue weighted by Gasteiger charge is -2.19. The topological polar surface area (TPSA) is 60.7 Å². The van der Waals surface area contributed by atoms with E-state index in [1.807, 2.05) is 56.3 Å². The maximum atomic E-state index is 13.3. The second-order valence-corrected chi connectivity index (χ2v) is 15.5. The number of fused-ring (bicyclic) bond motifs is 3. The highest BCUT2D eigenvalue weighted by Gasteiger charge is 2.21. The van der Waals surface area contributed by atoms with Crippen molar-refractivity contribution >= 4 is 47.3 Å². The molecule has 0 saturated carbocycles. The van der Waals surface area contributed by atoms with Crippen LogP contribution in [0.15, 0.2) is 65.8 Å². The average molecular weight is 471 g/mol. The quantitative estimate of drug-likeness (QED) is 0.106. The van der Waals surface area contributed by atoms with Crippen LogP contribution in [0.4, 0.5) is 0 Å². The molecule has 0 fully saturated rings. The average Bonchev–Trinajstić information content (AvgIpc) is 3.08. The fourth-order valence-corrected chi connectivity index (χ4v) is 5.57. The second kappa shape index (κ2) is 9.03. The van der Waals surface area contributed by atoms with Crippen molar-refractivity contribution in [3.63, 3.8) is 0 Å². The number of aryl methyl sites for hydroxylation is 1. The molecule has 4 aromatic rings. The maximum absolute atomic E-state index is 13.3. The van der Waals surface area contributed by atoms with E-state index in [4.69, 9.17) is 4.84 Å². The summed E-state index contributed by atoms with van der Waals surface area (Å²) < 4.78 is 2.38. The zero-order valence-electron chi connectivity index (χ0n) is 20.6. The molecule has 0 aliphatic rings. The van der Waals surface area contributed by atoms with Crippen molar-refractivity contribution < 1.29 is 14.4 Å². The van der Waals surface area contributed by atoms with Crippen molar-refractivity contribution in [2.45, 2.75) is 46.6 Å². The number of nitrogens with zero attached hydrogens (tertiary/aromatic N) is 2. The van der Waals surface area contributed by atoms with Gasteiger partial charge in [-0.25, -0.2) is 4.79 Å². The first-order chi connectivity index (χ1) is 16.0. The van der Waals surface area contributed by atoms with Gasteiger partial charge in [0.1, 0.15) is 0 Å². The van der Waals surface area contributed by atoms with Crippen LogP contribution in [0.5, 0.6) is 0 Å². The van der Waals surface area contributed by atoms with Crippen LogP contribution in [-0.4, -0.2) is 30.1 Å². The Kier molecular flexibility index (Phi) is 6.28. The number of hydrogen-bond donors (Lipinski definition) is 0. The molecule has 3 aromatic carbocycles. The van der Waals surface area contributed by atoms with E-state index < -0.39 is 14.0 Å². The van der Waals surface area contributed by atoms with Gasteiger partial charge in [-0.05, 0) is 55.3 Å². The van der Waals surface area contributed by atoms with Crippen molar-refractivity contribution in [2.24, 2.45) is 5.16 Å². The van der Waals surface area contributed by atoms with E-state index in [-0.39, 0.29) is 5.78 Å². The van der Waals surface area contributed by atoms with Gasteiger partial charge in [-0.3, -0.25) is 4.79 Å². The molecule has 0 unspecified atom stereocenters. The minimum atomic E-state index is -1.44. The highest BCUT2D eigenvalue weighted by atomic mass is 28.3. The van der Waals surface area contributed by atoms with Crippen LogP contribution in [0.2, 0.25) is 19.6 Å². The molecule has 0 amide bonds. The van der Waals surface area contributed by atoms with Crippen LogP contribution in [-0.2, 0) is 15.8 Å². The first-order valence-corrected chi connectivity index (χ1v) is 15.1. The molecule has 1 aromatic heterocycles. The molecular weight excluding hydrogens is 440 g/mol.